The third-order valence-corrected chi connectivity index (χ3v) is 2.63. The lowest BCUT2D eigenvalue weighted by Crippen LogP contribution is -2.16. The zero-order valence-electron chi connectivity index (χ0n) is 10.6. The van der Waals surface area contributed by atoms with E-state index < -0.39 is 11.6 Å². The van der Waals surface area contributed by atoms with E-state index in [1.165, 1.54) is 12.1 Å². The van der Waals surface area contributed by atoms with Gasteiger partial charge in [0.05, 0.1) is 6.42 Å². The minimum atomic E-state index is -0.604. The molecule has 0 saturated heterocycles. The molecule has 4 nitrogen and oxygen atoms in total. The van der Waals surface area contributed by atoms with Crippen molar-refractivity contribution >= 4 is 0 Å². The van der Waals surface area contributed by atoms with Gasteiger partial charge in [-0.1, -0.05) is 13.0 Å². The Balaban J connectivity index is 1.99. The van der Waals surface area contributed by atoms with Crippen LogP contribution in [0.25, 0.3) is 0 Å². The number of hydrogen-bond acceptors (Lipinski definition) is 4. The Hall–Kier alpha value is -1.82. The van der Waals surface area contributed by atoms with Crippen molar-refractivity contribution in [2.24, 2.45) is 0 Å². The van der Waals surface area contributed by atoms with Crippen molar-refractivity contribution in [2.75, 3.05) is 13.1 Å². The second-order valence-electron chi connectivity index (χ2n) is 4.11. The second-order valence-corrected chi connectivity index (χ2v) is 4.11. The molecule has 0 bridgehead atoms. The maximum absolute atomic E-state index is 13.5. The molecular formula is C13H15F2N3O. The number of nitrogens with one attached hydrogen (secondary N) is 1. The summed E-state index contributed by atoms with van der Waals surface area (Å²) >= 11 is 0. The van der Waals surface area contributed by atoms with Crippen LogP contribution in [0.1, 0.15) is 24.3 Å². The lowest BCUT2D eigenvalue weighted by molar-refractivity contribution is 0.449. The maximum Gasteiger partial charge on any atom is 0.221 e. The molecule has 0 aliphatic carbocycles. The molecule has 0 saturated carbocycles. The zero-order valence-corrected chi connectivity index (χ0v) is 10.6. The first-order chi connectivity index (χ1) is 9.19. The normalized spacial score (nSPS) is 10.9. The fraction of sp³-hybridized carbons (Fsp3) is 0.385. The predicted molar refractivity (Wildman–Crippen MR) is 65.7 cm³/mol. The number of likely N-dealkylation sites (N-methyl/N-ethyl adjacent to an activating group) is 1. The zero-order chi connectivity index (χ0) is 13.7. The van der Waals surface area contributed by atoms with Crippen molar-refractivity contribution in [3.05, 3.63) is 47.2 Å². The highest BCUT2D eigenvalue weighted by molar-refractivity contribution is 5.21. The summed E-state index contributed by atoms with van der Waals surface area (Å²) in [4.78, 5) is 0. The van der Waals surface area contributed by atoms with E-state index in [9.17, 15) is 8.78 Å². The Morgan fingerprint density at radius 1 is 1.21 bits per heavy atom. The molecule has 0 unspecified atom stereocenters. The van der Waals surface area contributed by atoms with Gasteiger partial charge in [-0.25, -0.2) is 8.78 Å². The van der Waals surface area contributed by atoms with Crippen molar-refractivity contribution in [1.82, 2.24) is 15.5 Å². The topological polar surface area (TPSA) is 51.0 Å². The lowest BCUT2D eigenvalue weighted by atomic mass is 10.1. The molecule has 1 aromatic carbocycles. The second kappa shape index (κ2) is 6.38. The highest BCUT2D eigenvalue weighted by Crippen LogP contribution is 2.14. The summed E-state index contributed by atoms with van der Waals surface area (Å²) in [5, 5.41) is 10.9. The van der Waals surface area contributed by atoms with Gasteiger partial charge < -0.3 is 9.73 Å². The third kappa shape index (κ3) is 3.82. The van der Waals surface area contributed by atoms with Gasteiger partial charge >= 0.3 is 0 Å². The summed E-state index contributed by atoms with van der Waals surface area (Å²) in [5.74, 6) is -0.360. The standard InChI is InChI=1S/C13H15F2N3O/c1-2-16-6-5-12-17-18-13(19-12)7-9-3-4-10(14)8-11(9)15/h3-4,8,16H,2,5-7H2,1H3. The molecule has 0 aliphatic rings. The quantitative estimate of drug-likeness (QED) is 0.814. The number of benzene rings is 1. The number of halogens is 2. The van der Waals surface area contributed by atoms with E-state index in [4.69, 9.17) is 4.42 Å². The molecular weight excluding hydrogens is 252 g/mol. The van der Waals surface area contributed by atoms with Gasteiger partial charge in [-0.3, -0.25) is 0 Å². The van der Waals surface area contributed by atoms with Crippen molar-refractivity contribution in [3.8, 4) is 0 Å². The first-order valence-corrected chi connectivity index (χ1v) is 6.15. The first-order valence-electron chi connectivity index (χ1n) is 6.15. The minimum absolute atomic E-state index is 0.167. The number of hydrogen-bond donors (Lipinski definition) is 1. The molecule has 2 rings (SSSR count). The molecule has 6 heteroatoms. The third-order valence-electron chi connectivity index (χ3n) is 2.63. The van der Waals surface area contributed by atoms with Crippen LogP contribution in [0.4, 0.5) is 8.78 Å². The van der Waals surface area contributed by atoms with E-state index >= 15 is 0 Å². The number of rotatable bonds is 6. The molecule has 1 aromatic heterocycles. The van der Waals surface area contributed by atoms with Gasteiger partial charge in [0.2, 0.25) is 11.8 Å². The summed E-state index contributed by atoms with van der Waals surface area (Å²) in [5.41, 5.74) is 0.336. The van der Waals surface area contributed by atoms with E-state index in [2.05, 4.69) is 15.5 Å². The average molecular weight is 267 g/mol. The van der Waals surface area contributed by atoms with Crippen LogP contribution >= 0.6 is 0 Å². The molecule has 1 N–H and O–H groups in total. The molecule has 0 radical (unpaired) electrons. The number of aromatic nitrogens is 2. The van der Waals surface area contributed by atoms with Gasteiger partial charge in [-0.2, -0.15) is 0 Å². The molecule has 0 fully saturated rings. The SMILES string of the molecule is CCNCCc1nnc(Cc2ccc(F)cc2F)o1. The Morgan fingerprint density at radius 2 is 2.00 bits per heavy atom. The van der Waals surface area contributed by atoms with E-state index in [0.717, 1.165) is 19.2 Å². The van der Waals surface area contributed by atoms with Crippen LogP contribution in [0.3, 0.4) is 0 Å². The van der Waals surface area contributed by atoms with Gasteiger partial charge in [0.15, 0.2) is 0 Å². The van der Waals surface area contributed by atoms with Crippen molar-refractivity contribution < 1.29 is 13.2 Å². The minimum Gasteiger partial charge on any atom is -0.425 e. The summed E-state index contributed by atoms with van der Waals surface area (Å²) < 4.78 is 31.6. The summed E-state index contributed by atoms with van der Waals surface area (Å²) in [6, 6.07) is 3.44. The Morgan fingerprint density at radius 3 is 2.74 bits per heavy atom. The van der Waals surface area contributed by atoms with Gasteiger partial charge in [-0.15, -0.1) is 10.2 Å². The van der Waals surface area contributed by atoms with Crippen molar-refractivity contribution in [3.63, 3.8) is 0 Å². The van der Waals surface area contributed by atoms with Crippen molar-refractivity contribution in [1.29, 1.82) is 0 Å². The van der Waals surface area contributed by atoms with Crippen LogP contribution in [0.15, 0.2) is 22.6 Å². The van der Waals surface area contributed by atoms with Crippen LogP contribution in [-0.4, -0.2) is 23.3 Å². The largest absolute Gasteiger partial charge is 0.425 e. The monoisotopic (exact) mass is 267 g/mol. The van der Waals surface area contributed by atoms with Gasteiger partial charge in [-0.05, 0) is 18.2 Å². The molecule has 0 amide bonds. The van der Waals surface area contributed by atoms with Crippen LogP contribution in [0, 0.1) is 11.6 Å². The van der Waals surface area contributed by atoms with E-state index in [0.29, 0.717) is 23.8 Å². The highest BCUT2D eigenvalue weighted by Gasteiger charge is 2.10. The molecule has 0 aliphatic heterocycles. The van der Waals surface area contributed by atoms with E-state index in [-0.39, 0.29) is 6.42 Å². The van der Waals surface area contributed by atoms with Crippen LogP contribution in [0.2, 0.25) is 0 Å². The number of nitrogens with zero attached hydrogens (tertiary/aromatic N) is 2. The summed E-state index contributed by atoms with van der Waals surface area (Å²) in [6.07, 6.45) is 0.799. The average Bonchev–Trinajstić information content (AvgIpc) is 2.81. The summed E-state index contributed by atoms with van der Waals surface area (Å²) in [6.45, 7) is 3.64. The maximum atomic E-state index is 13.5. The van der Waals surface area contributed by atoms with Crippen LogP contribution in [-0.2, 0) is 12.8 Å². The predicted octanol–water partition coefficient (Wildman–Crippen LogP) is 2.09. The fourth-order valence-corrected chi connectivity index (χ4v) is 1.66. The van der Waals surface area contributed by atoms with E-state index in [1.807, 2.05) is 6.92 Å². The van der Waals surface area contributed by atoms with Gasteiger partial charge in [0.1, 0.15) is 11.6 Å². The Labute approximate surface area is 109 Å². The van der Waals surface area contributed by atoms with Crippen LogP contribution < -0.4 is 5.32 Å². The smallest absolute Gasteiger partial charge is 0.221 e. The lowest BCUT2D eigenvalue weighted by Gasteiger charge is -1.99. The molecule has 1 heterocycles. The molecule has 0 atom stereocenters. The molecule has 0 spiro atoms. The Bertz CT molecular complexity index is 542. The molecule has 2 aromatic rings. The van der Waals surface area contributed by atoms with Gasteiger partial charge in [0.25, 0.3) is 0 Å². The van der Waals surface area contributed by atoms with E-state index in [1.54, 1.807) is 0 Å². The molecule has 19 heavy (non-hydrogen) atoms. The van der Waals surface area contributed by atoms with Crippen LogP contribution in [0.5, 0.6) is 0 Å². The Kier molecular flexibility index (Phi) is 4.57. The van der Waals surface area contributed by atoms with Crippen molar-refractivity contribution in [2.45, 2.75) is 19.8 Å². The molecule has 102 valence electrons. The summed E-state index contributed by atoms with van der Waals surface area (Å²) in [7, 11) is 0. The first kappa shape index (κ1) is 13.6. The van der Waals surface area contributed by atoms with Gasteiger partial charge in [0, 0.05) is 19.0 Å². The fourth-order valence-electron chi connectivity index (χ4n) is 1.66. The highest BCUT2D eigenvalue weighted by atomic mass is 19.1.